The van der Waals surface area contributed by atoms with Crippen molar-refractivity contribution >= 4 is 5.91 Å². The molecule has 0 saturated carbocycles. The fourth-order valence-corrected chi connectivity index (χ4v) is 2.88. The number of benzene rings is 1. The molecule has 25 heavy (non-hydrogen) atoms. The third-order valence-electron chi connectivity index (χ3n) is 4.21. The zero-order chi connectivity index (χ0) is 17.6. The minimum absolute atomic E-state index is 0.0474. The van der Waals surface area contributed by atoms with Crippen molar-refractivity contribution in [1.29, 1.82) is 0 Å². The Kier molecular flexibility index (Phi) is 5.73. The molecule has 1 N–H and O–H groups in total. The molecule has 0 unspecified atom stereocenters. The highest BCUT2D eigenvalue weighted by molar-refractivity contribution is 5.93. The molecule has 1 aliphatic rings. The van der Waals surface area contributed by atoms with Gasteiger partial charge < -0.3 is 23.9 Å². The number of para-hydroxylation sites is 1. The first kappa shape index (κ1) is 17.5. The van der Waals surface area contributed by atoms with E-state index in [4.69, 9.17) is 18.6 Å². The molecule has 6 heteroatoms. The van der Waals surface area contributed by atoms with Crippen LogP contribution in [0.15, 0.2) is 40.8 Å². The van der Waals surface area contributed by atoms with Crippen LogP contribution in [0, 0.1) is 6.92 Å². The van der Waals surface area contributed by atoms with Gasteiger partial charge in [-0.25, -0.2) is 0 Å². The minimum Gasteiger partial charge on any atom is -0.486 e. The second kappa shape index (κ2) is 8.18. The SMILES string of the molecule is CO[C@@H]1CCOC[C@H]1NC(=O)c1oc(COc2ccccc2)cc1C. The summed E-state index contributed by atoms with van der Waals surface area (Å²) in [5.41, 5.74) is 0.773. The number of hydrogen-bond acceptors (Lipinski definition) is 5. The highest BCUT2D eigenvalue weighted by Gasteiger charge is 2.28. The molecule has 2 heterocycles. The maximum atomic E-state index is 12.5. The number of carbonyl (C=O) groups excluding carboxylic acids is 1. The van der Waals surface area contributed by atoms with Gasteiger partial charge in [0.2, 0.25) is 0 Å². The van der Waals surface area contributed by atoms with Gasteiger partial charge in [-0.15, -0.1) is 0 Å². The fourth-order valence-electron chi connectivity index (χ4n) is 2.88. The van der Waals surface area contributed by atoms with Gasteiger partial charge in [0, 0.05) is 19.3 Å². The Hall–Kier alpha value is -2.31. The predicted molar refractivity (Wildman–Crippen MR) is 91.7 cm³/mol. The van der Waals surface area contributed by atoms with Gasteiger partial charge in [-0.1, -0.05) is 18.2 Å². The van der Waals surface area contributed by atoms with Gasteiger partial charge >= 0.3 is 0 Å². The summed E-state index contributed by atoms with van der Waals surface area (Å²) in [6.45, 7) is 3.20. The van der Waals surface area contributed by atoms with E-state index in [-0.39, 0.29) is 24.7 Å². The molecule has 134 valence electrons. The molecule has 1 aliphatic heterocycles. The maximum absolute atomic E-state index is 12.5. The number of aryl methyl sites for hydroxylation is 1. The van der Waals surface area contributed by atoms with Gasteiger partial charge in [0.25, 0.3) is 5.91 Å². The minimum atomic E-state index is -0.263. The van der Waals surface area contributed by atoms with Crippen molar-refractivity contribution in [3.05, 3.63) is 53.5 Å². The average molecular weight is 345 g/mol. The Bertz CT molecular complexity index is 697. The van der Waals surface area contributed by atoms with Crippen molar-refractivity contribution in [2.75, 3.05) is 20.3 Å². The number of nitrogens with one attached hydrogen (secondary N) is 1. The van der Waals surface area contributed by atoms with Crippen LogP contribution in [-0.2, 0) is 16.1 Å². The van der Waals surface area contributed by atoms with Gasteiger partial charge in [-0.05, 0) is 31.5 Å². The summed E-state index contributed by atoms with van der Waals surface area (Å²) in [7, 11) is 1.65. The summed E-state index contributed by atoms with van der Waals surface area (Å²) in [6, 6.07) is 11.1. The molecule has 0 bridgehead atoms. The number of rotatable bonds is 6. The van der Waals surface area contributed by atoms with E-state index in [1.165, 1.54) is 0 Å². The van der Waals surface area contributed by atoms with E-state index in [1.54, 1.807) is 7.11 Å². The van der Waals surface area contributed by atoms with Crippen molar-refractivity contribution in [2.45, 2.75) is 32.1 Å². The predicted octanol–water partition coefficient (Wildman–Crippen LogP) is 2.70. The number of hydrogen-bond donors (Lipinski definition) is 1. The molecule has 2 aromatic rings. The Balaban J connectivity index is 1.62. The van der Waals surface area contributed by atoms with Gasteiger partial charge in [0.15, 0.2) is 5.76 Å². The first-order valence-corrected chi connectivity index (χ1v) is 8.36. The fraction of sp³-hybridized carbons (Fsp3) is 0.421. The molecule has 2 atom stereocenters. The second-order valence-corrected chi connectivity index (χ2v) is 6.04. The summed E-state index contributed by atoms with van der Waals surface area (Å²) in [5.74, 6) is 1.40. The van der Waals surface area contributed by atoms with Crippen LogP contribution in [0.25, 0.3) is 0 Å². The van der Waals surface area contributed by atoms with Gasteiger partial charge in [-0.2, -0.15) is 0 Å². The van der Waals surface area contributed by atoms with Crippen LogP contribution >= 0.6 is 0 Å². The zero-order valence-corrected chi connectivity index (χ0v) is 14.5. The van der Waals surface area contributed by atoms with Gasteiger partial charge in [0.05, 0.1) is 18.8 Å². The lowest BCUT2D eigenvalue weighted by molar-refractivity contribution is -0.0351. The Morgan fingerprint density at radius 3 is 2.88 bits per heavy atom. The van der Waals surface area contributed by atoms with Crippen molar-refractivity contribution in [1.82, 2.24) is 5.32 Å². The lowest BCUT2D eigenvalue weighted by Gasteiger charge is -2.30. The molecular weight excluding hydrogens is 322 g/mol. The molecule has 1 aromatic carbocycles. The quantitative estimate of drug-likeness (QED) is 0.872. The molecule has 3 rings (SSSR count). The van der Waals surface area contributed by atoms with E-state index in [0.717, 1.165) is 17.7 Å². The largest absolute Gasteiger partial charge is 0.486 e. The summed E-state index contributed by atoms with van der Waals surface area (Å²) >= 11 is 0. The van der Waals surface area contributed by atoms with E-state index in [9.17, 15) is 4.79 Å². The summed E-state index contributed by atoms with van der Waals surface area (Å²) < 4.78 is 22.2. The van der Waals surface area contributed by atoms with Gasteiger partial charge in [0.1, 0.15) is 18.1 Å². The molecule has 1 saturated heterocycles. The van der Waals surface area contributed by atoms with Crippen molar-refractivity contribution < 1.29 is 23.4 Å². The topological polar surface area (TPSA) is 69.9 Å². The number of carbonyl (C=O) groups is 1. The highest BCUT2D eigenvalue weighted by atomic mass is 16.5. The zero-order valence-electron chi connectivity index (χ0n) is 14.5. The monoisotopic (exact) mass is 345 g/mol. The highest BCUT2D eigenvalue weighted by Crippen LogP contribution is 2.19. The van der Waals surface area contributed by atoms with Crippen LogP contribution in [0.1, 0.15) is 28.3 Å². The first-order chi connectivity index (χ1) is 12.2. The average Bonchev–Trinajstić information content (AvgIpc) is 3.02. The van der Waals surface area contributed by atoms with Crippen LogP contribution in [0.5, 0.6) is 5.75 Å². The smallest absolute Gasteiger partial charge is 0.287 e. The summed E-state index contributed by atoms with van der Waals surface area (Å²) in [5, 5.41) is 2.94. The summed E-state index contributed by atoms with van der Waals surface area (Å²) in [6.07, 6.45) is 0.711. The Morgan fingerprint density at radius 2 is 2.12 bits per heavy atom. The first-order valence-electron chi connectivity index (χ1n) is 8.36. The third kappa shape index (κ3) is 4.41. The molecular formula is C19H23NO5. The second-order valence-electron chi connectivity index (χ2n) is 6.04. The molecule has 1 fully saturated rings. The molecule has 1 amide bonds. The van der Waals surface area contributed by atoms with Crippen LogP contribution in [-0.4, -0.2) is 38.4 Å². The third-order valence-corrected chi connectivity index (χ3v) is 4.21. The van der Waals surface area contributed by atoms with Crippen molar-refractivity contribution in [2.24, 2.45) is 0 Å². The van der Waals surface area contributed by atoms with Crippen molar-refractivity contribution in [3.63, 3.8) is 0 Å². The van der Waals surface area contributed by atoms with Crippen LogP contribution in [0.4, 0.5) is 0 Å². The van der Waals surface area contributed by atoms with E-state index in [2.05, 4.69) is 5.32 Å². The van der Waals surface area contributed by atoms with E-state index < -0.39 is 0 Å². The number of ether oxygens (including phenoxy) is 3. The van der Waals surface area contributed by atoms with Crippen LogP contribution in [0.3, 0.4) is 0 Å². The maximum Gasteiger partial charge on any atom is 0.287 e. The molecule has 6 nitrogen and oxygen atoms in total. The molecule has 0 spiro atoms. The van der Waals surface area contributed by atoms with Gasteiger partial charge in [-0.3, -0.25) is 4.79 Å². The lowest BCUT2D eigenvalue weighted by atomic mass is 10.1. The summed E-state index contributed by atoms with van der Waals surface area (Å²) in [4.78, 5) is 12.5. The number of amides is 1. The van der Waals surface area contributed by atoms with Crippen molar-refractivity contribution in [3.8, 4) is 5.75 Å². The number of furan rings is 1. The molecule has 0 radical (unpaired) electrons. The number of methoxy groups -OCH3 is 1. The lowest BCUT2D eigenvalue weighted by Crippen LogP contribution is -2.50. The van der Waals surface area contributed by atoms with E-state index in [1.807, 2.05) is 43.3 Å². The molecule has 1 aromatic heterocycles. The molecule has 0 aliphatic carbocycles. The van der Waals surface area contributed by atoms with E-state index in [0.29, 0.717) is 24.7 Å². The standard InChI is InChI=1S/C19H23NO5/c1-13-10-15(11-24-14-6-4-3-5-7-14)25-18(13)19(21)20-16-12-23-9-8-17(16)22-2/h3-7,10,16-17H,8-9,11-12H2,1-2H3,(H,20,21)/t16-,17-/m1/s1. The normalized spacial score (nSPS) is 20.2. The van der Waals surface area contributed by atoms with E-state index >= 15 is 0 Å². The Labute approximate surface area is 147 Å². The van der Waals surface area contributed by atoms with Crippen LogP contribution < -0.4 is 10.1 Å². The van der Waals surface area contributed by atoms with Crippen LogP contribution in [0.2, 0.25) is 0 Å². The Morgan fingerprint density at radius 1 is 1.32 bits per heavy atom.